The van der Waals surface area contributed by atoms with Gasteiger partial charge in [0.15, 0.2) is 0 Å². The average molecular weight is 375 g/mol. The quantitative estimate of drug-likeness (QED) is 0.677. The zero-order valence-corrected chi connectivity index (χ0v) is 14.7. The highest BCUT2D eigenvalue weighted by Crippen LogP contribution is 2.34. The molecular weight excluding hydrogens is 359 g/mol. The highest BCUT2D eigenvalue weighted by molar-refractivity contribution is 6.31. The fourth-order valence-corrected chi connectivity index (χ4v) is 2.66. The van der Waals surface area contributed by atoms with E-state index < -0.39 is 11.6 Å². The van der Waals surface area contributed by atoms with Crippen molar-refractivity contribution in [3.63, 3.8) is 0 Å². The maximum absolute atomic E-state index is 11.5. The van der Waals surface area contributed by atoms with Crippen molar-refractivity contribution in [3.8, 4) is 0 Å². The minimum Gasteiger partial charge on any atom is -0.479 e. The van der Waals surface area contributed by atoms with Crippen LogP contribution in [0.1, 0.15) is 11.1 Å². The van der Waals surface area contributed by atoms with Crippen molar-refractivity contribution < 1.29 is 15.0 Å². The van der Waals surface area contributed by atoms with E-state index in [-0.39, 0.29) is 16.1 Å². The number of rotatable bonds is 3. The number of carbonyl (C=O) groups is 1. The second-order valence-corrected chi connectivity index (χ2v) is 6.00. The molecule has 0 aliphatic carbocycles. The predicted molar refractivity (Wildman–Crippen MR) is 100.0 cm³/mol. The van der Waals surface area contributed by atoms with Crippen LogP contribution >= 0.6 is 23.2 Å². The van der Waals surface area contributed by atoms with Crippen LogP contribution in [0.25, 0.3) is 0 Å². The van der Waals surface area contributed by atoms with E-state index in [1.165, 1.54) is 6.07 Å². The standard InChI is InChI=1S/C14H11ClO3.C6H5Cl/c15-12-9-5-4-8-11(12)14(18,13(16)17)10-6-2-1-3-7-10;7-6-4-2-1-3-5-6/h1-9,18H,(H,16,17);1-5H. The Hall–Kier alpha value is -2.33. The van der Waals surface area contributed by atoms with Gasteiger partial charge in [0.05, 0.1) is 0 Å². The first-order valence-electron chi connectivity index (χ1n) is 7.43. The molecule has 2 N–H and O–H groups in total. The Morgan fingerprint density at radius 3 is 1.68 bits per heavy atom. The summed E-state index contributed by atoms with van der Waals surface area (Å²) in [6.45, 7) is 0. The molecule has 1 atom stereocenters. The third-order valence-electron chi connectivity index (χ3n) is 3.50. The second-order valence-electron chi connectivity index (χ2n) is 5.16. The van der Waals surface area contributed by atoms with Crippen molar-refractivity contribution in [1.29, 1.82) is 0 Å². The van der Waals surface area contributed by atoms with E-state index in [2.05, 4.69) is 0 Å². The fraction of sp³-hybridized carbons (Fsp3) is 0.0500. The van der Waals surface area contributed by atoms with Crippen LogP contribution in [0.3, 0.4) is 0 Å². The monoisotopic (exact) mass is 374 g/mol. The number of hydrogen-bond donors (Lipinski definition) is 2. The van der Waals surface area contributed by atoms with Gasteiger partial charge in [-0.2, -0.15) is 0 Å². The third kappa shape index (κ3) is 4.60. The molecule has 0 saturated heterocycles. The van der Waals surface area contributed by atoms with Crippen molar-refractivity contribution in [3.05, 3.63) is 106 Å². The Morgan fingerprint density at radius 1 is 0.760 bits per heavy atom. The number of aliphatic carboxylic acids is 1. The van der Waals surface area contributed by atoms with Crippen molar-refractivity contribution in [1.82, 2.24) is 0 Å². The molecule has 3 rings (SSSR count). The van der Waals surface area contributed by atoms with Gasteiger partial charge in [0.25, 0.3) is 0 Å². The highest BCUT2D eigenvalue weighted by Gasteiger charge is 2.41. The molecule has 0 radical (unpaired) electrons. The summed E-state index contributed by atoms with van der Waals surface area (Å²) in [6.07, 6.45) is 0. The summed E-state index contributed by atoms with van der Waals surface area (Å²) in [5.74, 6) is -1.36. The van der Waals surface area contributed by atoms with Gasteiger partial charge in [-0.1, -0.05) is 89.9 Å². The van der Waals surface area contributed by atoms with Gasteiger partial charge in [0.2, 0.25) is 5.60 Å². The van der Waals surface area contributed by atoms with Crippen molar-refractivity contribution >= 4 is 29.2 Å². The van der Waals surface area contributed by atoms with Crippen LogP contribution in [0.4, 0.5) is 0 Å². The predicted octanol–water partition coefficient (Wildman–Crippen LogP) is 5.00. The Kier molecular flexibility index (Phi) is 6.59. The van der Waals surface area contributed by atoms with Gasteiger partial charge in [-0.3, -0.25) is 0 Å². The Balaban J connectivity index is 0.000000269. The number of halogens is 2. The maximum atomic E-state index is 11.5. The third-order valence-corrected chi connectivity index (χ3v) is 4.08. The van der Waals surface area contributed by atoms with E-state index in [1.54, 1.807) is 48.5 Å². The van der Waals surface area contributed by atoms with Gasteiger partial charge in [0, 0.05) is 15.6 Å². The average Bonchev–Trinajstić information content (AvgIpc) is 2.63. The summed E-state index contributed by atoms with van der Waals surface area (Å²) in [5, 5.41) is 20.9. The lowest BCUT2D eigenvalue weighted by atomic mass is 9.86. The van der Waals surface area contributed by atoms with Crippen LogP contribution in [0.5, 0.6) is 0 Å². The van der Waals surface area contributed by atoms with Crippen LogP contribution in [0, 0.1) is 0 Å². The van der Waals surface area contributed by atoms with Crippen LogP contribution in [0.15, 0.2) is 84.9 Å². The lowest BCUT2D eigenvalue weighted by molar-refractivity contribution is -0.155. The molecule has 128 valence electrons. The molecule has 25 heavy (non-hydrogen) atoms. The molecule has 0 aromatic heterocycles. The van der Waals surface area contributed by atoms with Crippen LogP contribution in [-0.2, 0) is 10.4 Å². The van der Waals surface area contributed by atoms with Crippen molar-refractivity contribution in [2.24, 2.45) is 0 Å². The fourth-order valence-electron chi connectivity index (χ4n) is 2.24. The summed E-state index contributed by atoms with van der Waals surface area (Å²) in [7, 11) is 0. The minimum atomic E-state index is -2.14. The molecule has 0 spiro atoms. The number of hydrogen-bond acceptors (Lipinski definition) is 2. The van der Waals surface area contributed by atoms with Gasteiger partial charge in [0.1, 0.15) is 0 Å². The van der Waals surface area contributed by atoms with Crippen LogP contribution in [-0.4, -0.2) is 16.2 Å². The van der Waals surface area contributed by atoms with Crippen molar-refractivity contribution in [2.45, 2.75) is 5.60 Å². The Bertz CT molecular complexity index is 823. The molecule has 5 heteroatoms. The topological polar surface area (TPSA) is 57.5 Å². The minimum absolute atomic E-state index is 0.158. The first-order chi connectivity index (χ1) is 12.0. The van der Waals surface area contributed by atoms with E-state index >= 15 is 0 Å². The molecule has 0 aliphatic heterocycles. The normalized spacial score (nSPS) is 12.4. The lowest BCUT2D eigenvalue weighted by Gasteiger charge is -2.25. The molecule has 0 bridgehead atoms. The summed E-state index contributed by atoms with van der Waals surface area (Å²) in [5.41, 5.74) is -1.71. The van der Waals surface area contributed by atoms with Gasteiger partial charge in [-0.25, -0.2) is 4.79 Å². The molecule has 0 amide bonds. The van der Waals surface area contributed by atoms with Gasteiger partial charge in [-0.15, -0.1) is 0 Å². The highest BCUT2D eigenvalue weighted by atomic mass is 35.5. The lowest BCUT2D eigenvalue weighted by Crippen LogP contribution is -2.37. The molecule has 1 unspecified atom stereocenters. The Morgan fingerprint density at radius 2 is 1.24 bits per heavy atom. The smallest absolute Gasteiger partial charge is 0.345 e. The molecular formula is C20H16Cl2O3. The van der Waals surface area contributed by atoms with Crippen LogP contribution < -0.4 is 0 Å². The largest absolute Gasteiger partial charge is 0.479 e. The summed E-state index contributed by atoms with van der Waals surface area (Å²) < 4.78 is 0. The second kappa shape index (κ2) is 8.67. The van der Waals surface area contributed by atoms with Gasteiger partial charge < -0.3 is 10.2 Å². The summed E-state index contributed by atoms with van der Waals surface area (Å²) >= 11 is 11.5. The molecule has 0 fully saturated rings. The first kappa shape index (κ1) is 19.0. The van der Waals surface area contributed by atoms with E-state index in [1.807, 2.05) is 30.3 Å². The first-order valence-corrected chi connectivity index (χ1v) is 8.18. The molecule has 0 saturated carbocycles. The molecule has 3 aromatic carbocycles. The van der Waals surface area contributed by atoms with Gasteiger partial charge >= 0.3 is 5.97 Å². The Labute approximate surface area is 156 Å². The number of aliphatic hydroxyl groups is 1. The summed E-state index contributed by atoms with van der Waals surface area (Å²) in [4.78, 5) is 11.5. The molecule has 0 heterocycles. The van der Waals surface area contributed by atoms with Gasteiger partial charge in [-0.05, 0) is 23.8 Å². The van der Waals surface area contributed by atoms with Crippen molar-refractivity contribution in [2.75, 3.05) is 0 Å². The number of benzene rings is 3. The molecule has 3 aromatic rings. The molecule has 0 aliphatic rings. The SMILES string of the molecule is Clc1ccccc1.O=C(O)C(O)(c1ccccc1)c1ccccc1Cl. The zero-order chi connectivity index (χ0) is 18.3. The van der Waals surface area contributed by atoms with E-state index in [9.17, 15) is 15.0 Å². The summed E-state index contributed by atoms with van der Waals surface area (Å²) in [6, 6.07) is 24.0. The number of carboxylic acid groups (broad SMARTS) is 1. The van der Waals surface area contributed by atoms with E-state index in [0.29, 0.717) is 0 Å². The molecule has 3 nitrogen and oxygen atoms in total. The number of carboxylic acids is 1. The van der Waals surface area contributed by atoms with Crippen LogP contribution in [0.2, 0.25) is 10.0 Å². The zero-order valence-electron chi connectivity index (χ0n) is 13.1. The maximum Gasteiger partial charge on any atom is 0.345 e. The van der Waals surface area contributed by atoms with E-state index in [0.717, 1.165) is 5.02 Å². The van der Waals surface area contributed by atoms with E-state index in [4.69, 9.17) is 23.2 Å².